The van der Waals surface area contributed by atoms with Gasteiger partial charge in [0, 0.05) is 25.9 Å². The lowest BCUT2D eigenvalue weighted by molar-refractivity contribution is 0.0946. The average molecular weight is 247 g/mol. The van der Waals surface area contributed by atoms with E-state index in [0.29, 0.717) is 13.1 Å². The van der Waals surface area contributed by atoms with Crippen LogP contribution in [0.2, 0.25) is 0 Å². The normalized spacial score (nSPS) is 10.3. The molecule has 2 aromatic rings. The second-order valence-corrected chi connectivity index (χ2v) is 3.75. The van der Waals surface area contributed by atoms with Gasteiger partial charge >= 0.3 is 0 Å². The molecule has 2 aromatic heterocycles. The summed E-state index contributed by atoms with van der Waals surface area (Å²) in [6, 6.07) is 3.25. The van der Waals surface area contributed by atoms with Crippen LogP contribution < -0.4 is 5.32 Å². The molecule has 0 radical (unpaired) electrons. The molecular formula is C11H13N5O2. The van der Waals surface area contributed by atoms with Crippen LogP contribution in [-0.4, -0.2) is 38.2 Å². The SMILES string of the molecule is CC(=O)c1cc(C(=O)NCCn2cccn2)[nH]n1. The van der Waals surface area contributed by atoms with E-state index < -0.39 is 0 Å². The Morgan fingerprint density at radius 2 is 2.33 bits per heavy atom. The predicted molar refractivity (Wildman–Crippen MR) is 63.2 cm³/mol. The summed E-state index contributed by atoms with van der Waals surface area (Å²) in [5.41, 5.74) is 0.535. The molecule has 0 spiro atoms. The van der Waals surface area contributed by atoms with Gasteiger partial charge in [-0.25, -0.2) is 0 Å². The van der Waals surface area contributed by atoms with E-state index in [4.69, 9.17) is 0 Å². The van der Waals surface area contributed by atoms with Crippen LogP contribution in [0, 0.1) is 0 Å². The second kappa shape index (κ2) is 5.26. The molecule has 0 aliphatic rings. The van der Waals surface area contributed by atoms with Gasteiger partial charge < -0.3 is 5.32 Å². The van der Waals surface area contributed by atoms with E-state index >= 15 is 0 Å². The molecule has 1 amide bonds. The topological polar surface area (TPSA) is 92.7 Å². The minimum absolute atomic E-state index is 0.179. The van der Waals surface area contributed by atoms with Crippen molar-refractivity contribution < 1.29 is 9.59 Å². The van der Waals surface area contributed by atoms with Crippen molar-refractivity contribution in [2.24, 2.45) is 0 Å². The lowest BCUT2D eigenvalue weighted by Crippen LogP contribution is -2.27. The summed E-state index contributed by atoms with van der Waals surface area (Å²) in [6.07, 6.45) is 3.49. The van der Waals surface area contributed by atoms with Gasteiger partial charge in [-0.1, -0.05) is 0 Å². The van der Waals surface area contributed by atoms with Crippen molar-refractivity contribution >= 4 is 11.7 Å². The zero-order chi connectivity index (χ0) is 13.0. The zero-order valence-electron chi connectivity index (χ0n) is 9.88. The Morgan fingerprint density at radius 1 is 1.50 bits per heavy atom. The minimum atomic E-state index is -0.290. The Morgan fingerprint density at radius 3 is 2.94 bits per heavy atom. The Kier molecular flexibility index (Phi) is 3.52. The maximum absolute atomic E-state index is 11.7. The van der Waals surface area contributed by atoms with Crippen LogP contribution in [0.5, 0.6) is 0 Å². The van der Waals surface area contributed by atoms with Crippen LogP contribution in [-0.2, 0) is 6.54 Å². The van der Waals surface area contributed by atoms with E-state index in [1.165, 1.54) is 13.0 Å². The fraction of sp³-hybridized carbons (Fsp3) is 0.273. The number of rotatable bonds is 5. The summed E-state index contributed by atoms with van der Waals surface area (Å²) in [4.78, 5) is 22.7. The molecule has 0 bridgehead atoms. The number of hydrogen-bond acceptors (Lipinski definition) is 4. The third kappa shape index (κ3) is 2.82. The molecule has 7 nitrogen and oxygen atoms in total. The Balaban J connectivity index is 1.85. The highest BCUT2D eigenvalue weighted by Gasteiger charge is 2.11. The average Bonchev–Trinajstić information content (AvgIpc) is 2.99. The molecule has 18 heavy (non-hydrogen) atoms. The number of ketones is 1. The van der Waals surface area contributed by atoms with Crippen molar-refractivity contribution in [3.8, 4) is 0 Å². The van der Waals surface area contributed by atoms with Gasteiger partial charge in [-0.3, -0.25) is 19.4 Å². The number of aromatic amines is 1. The van der Waals surface area contributed by atoms with Gasteiger partial charge in [-0.05, 0) is 12.1 Å². The molecule has 0 atom stereocenters. The van der Waals surface area contributed by atoms with Crippen molar-refractivity contribution in [1.82, 2.24) is 25.3 Å². The van der Waals surface area contributed by atoms with E-state index in [0.717, 1.165) is 0 Å². The second-order valence-electron chi connectivity index (χ2n) is 3.75. The van der Waals surface area contributed by atoms with Crippen molar-refractivity contribution in [2.45, 2.75) is 13.5 Å². The highest BCUT2D eigenvalue weighted by atomic mass is 16.2. The molecular weight excluding hydrogens is 234 g/mol. The molecule has 0 unspecified atom stereocenters. The highest BCUT2D eigenvalue weighted by Crippen LogP contribution is 2.00. The van der Waals surface area contributed by atoms with E-state index in [2.05, 4.69) is 20.6 Å². The third-order valence-electron chi connectivity index (χ3n) is 2.37. The molecule has 94 valence electrons. The summed E-state index contributed by atoms with van der Waals surface area (Å²) in [5.74, 6) is -0.469. The molecule has 2 rings (SSSR count). The fourth-order valence-electron chi connectivity index (χ4n) is 1.43. The van der Waals surface area contributed by atoms with Gasteiger partial charge in [-0.2, -0.15) is 10.2 Å². The van der Waals surface area contributed by atoms with Gasteiger partial charge in [0.1, 0.15) is 11.4 Å². The van der Waals surface area contributed by atoms with Crippen LogP contribution in [0.15, 0.2) is 24.5 Å². The number of H-pyrrole nitrogens is 1. The molecule has 2 N–H and O–H groups in total. The third-order valence-corrected chi connectivity index (χ3v) is 2.37. The van der Waals surface area contributed by atoms with Gasteiger partial charge in [0.2, 0.25) is 0 Å². The summed E-state index contributed by atoms with van der Waals surface area (Å²) >= 11 is 0. The van der Waals surface area contributed by atoms with E-state index in [1.54, 1.807) is 10.9 Å². The number of Topliss-reactive ketones (excluding diaryl/α,β-unsaturated/α-hetero) is 1. The first-order chi connectivity index (χ1) is 8.66. The summed E-state index contributed by atoms with van der Waals surface area (Å²) < 4.78 is 1.72. The number of hydrogen-bond donors (Lipinski definition) is 2. The molecule has 0 aliphatic carbocycles. The summed E-state index contributed by atoms with van der Waals surface area (Å²) in [7, 11) is 0. The van der Waals surface area contributed by atoms with Crippen LogP contribution in [0.4, 0.5) is 0 Å². The van der Waals surface area contributed by atoms with Crippen LogP contribution in [0.1, 0.15) is 27.9 Å². The minimum Gasteiger partial charge on any atom is -0.349 e. The van der Waals surface area contributed by atoms with Gasteiger partial charge in [0.25, 0.3) is 5.91 Å². The standard InChI is InChI=1S/C11H13N5O2/c1-8(17)9-7-10(15-14-9)11(18)12-4-6-16-5-2-3-13-16/h2-3,5,7H,4,6H2,1H3,(H,12,18)(H,14,15). The molecule has 2 heterocycles. The number of aromatic nitrogens is 4. The van der Waals surface area contributed by atoms with Crippen molar-refractivity contribution in [2.75, 3.05) is 6.54 Å². The molecule has 0 aliphatic heterocycles. The Hall–Kier alpha value is -2.44. The number of nitrogens with one attached hydrogen (secondary N) is 2. The van der Waals surface area contributed by atoms with E-state index in [-0.39, 0.29) is 23.1 Å². The van der Waals surface area contributed by atoms with Crippen molar-refractivity contribution in [3.63, 3.8) is 0 Å². The van der Waals surface area contributed by atoms with Crippen molar-refractivity contribution in [3.05, 3.63) is 35.9 Å². The number of carbonyl (C=O) groups is 2. The van der Waals surface area contributed by atoms with Crippen LogP contribution in [0.3, 0.4) is 0 Å². The number of carbonyl (C=O) groups excluding carboxylic acids is 2. The molecule has 7 heteroatoms. The number of nitrogens with zero attached hydrogens (tertiary/aromatic N) is 3. The highest BCUT2D eigenvalue weighted by molar-refractivity contribution is 5.97. The van der Waals surface area contributed by atoms with Gasteiger partial charge in [-0.15, -0.1) is 0 Å². The molecule has 0 fully saturated rings. The molecule has 0 aromatic carbocycles. The first kappa shape index (κ1) is 12.0. The smallest absolute Gasteiger partial charge is 0.269 e. The maximum atomic E-state index is 11.7. The lowest BCUT2D eigenvalue weighted by atomic mass is 10.3. The fourth-order valence-corrected chi connectivity index (χ4v) is 1.43. The first-order valence-electron chi connectivity index (χ1n) is 5.49. The van der Waals surface area contributed by atoms with Gasteiger partial charge in [0.05, 0.1) is 6.54 Å². The number of amides is 1. The van der Waals surface area contributed by atoms with Crippen LogP contribution >= 0.6 is 0 Å². The maximum Gasteiger partial charge on any atom is 0.269 e. The van der Waals surface area contributed by atoms with E-state index in [9.17, 15) is 9.59 Å². The molecule has 0 saturated carbocycles. The molecule has 0 saturated heterocycles. The first-order valence-corrected chi connectivity index (χ1v) is 5.49. The van der Waals surface area contributed by atoms with Crippen LogP contribution in [0.25, 0.3) is 0 Å². The quantitative estimate of drug-likeness (QED) is 0.740. The Labute approximate surface area is 103 Å². The van der Waals surface area contributed by atoms with Gasteiger partial charge in [0.15, 0.2) is 5.78 Å². The van der Waals surface area contributed by atoms with E-state index in [1.807, 2.05) is 12.3 Å². The van der Waals surface area contributed by atoms with Crippen molar-refractivity contribution in [1.29, 1.82) is 0 Å². The lowest BCUT2D eigenvalue weighted by Gasteiger charge is -2.03. The monoisotopic (exact) mass is 247 g/mol. The summed E-state index contributed by atoms with van der Waals surface area (Å²) in [6.45, 7) is 2.44. The zero-order valence-corrected chi connectivity index (χ0v) is 9.88. The predicted octanol–water partition coefficient (Wildman–Crippen LogP) is 0.239. The summed E-state index contributed by atoms with van der Waals surface area (Å²) in [5, 5.41) is 13.0. The Bertz CT molecular complexity index is 544. The largest absolute Gasteiger partial charge is 0.349 e.